The zero-order valence-electron chi connectivity index (χ0n) is 13.7. The lowest BCUT2D eigenvalue weighted by molar-refractivity contribution is 0.0184. The van der Waals surface area contributed by atoms with Gasteiger partial charge in [-0.15, -0.1) is 0 Å². The third-order valence-electron chi connectivity index (χ3n) is 3.87. The Morgan fingerprint density at radius 3 is 2.52 bits per heavy atom. The molecule has 1 fully saturated rings. The molecule has 0 spiro atoms. The van der Waals surface area contributed by atoms with Crippen molar-refractivity contribution in [3.05, 3.63) is 35.4 Å². The average Bonchev–Trinajstić information content (AvgIpc) is 2.37. The van der Waals surface area contributed by atoms with Crippen molar-refractivity contribution in [2.45, 2.75) is 52.6 Å². The van der Waals surface area contributed by atoms with Crippen LogP contribution in [0.15, 0.2) is 24.3 Å². The Bertz CT molecular complexity index is 482. The van der Waals surface area contributed by atoms with Gasteiger partial charge in [-0.2, -0.15) is 0 Å². The van der Waals surface area contributed by atoms with Crippen LogP contribution in [0, 0.1) is 12.8 Å². The monoisotopic (exact) mass is 289 g/mol. The van der Waals surface area contributed by atoms with Crippen LogP contribution in [0.5, 0.6) is 0 Å². The molecule has 0 radical (unpaired) electrons. The molecule has 1 aliphatic rings. The Labute approximate surface area is 128 Å². The van der Waals surface area contributed by atoms with E-state index in [0.29, 0.717) is 5.92 Å². The number of benzene rings is 1. The van der Waals surface area contributed by atoms with Gasteiger partial charge in [-0.05, 0) is 58.4 Å². The van der Waals surface area contributed by atoms with Crippen molar-refractivity contribution in [1.29, 1.82) is 0 Å². The molecule has 1 aromatic rings. The maximum atomic E-state index is 12.0. The molecule has 3 nitrogen and oxygen atoms in total. The Kier molecular flexibility index (Phi) is 4.92. The number of piperidine rings is 1. The van der Waals surface area contributed by atoms with Gasteiger partial charge < -0.3 is 9.64 Å². The minimum atomic E-state index is -0.407. The number of carbonyl (C=O) groups excluding carboxylic acids is 1. The van der Waals surface area contributed by atoms with Gasteiger partial charge in [-0.1, -0.05) is 29.8 Å². The van der Waals surface area contributed by atoms with Crippen LogP contribution in [-0.4, -0.2) is 29.7 Å². The molecule has 0 aromatic heterocycles. The van der Waals surface area contributed by atoms with Gasteiger partial charge in [-0.3, -0.25) is 0 Å². The summed E-state index contributed by atoms with van der Waals surface area (Å²) in [5.41, 5.74) is 2.32. The normalized spacial score (nSPS) is 16.9. The summed E-state index contributed by atoms with van der Waals surface area (Å²) >= 11 is 0. The maximum Gasteiger partial charge on any atom is 0.410 e. The minimum Gasteiger partial charge on any atom is -0.444 e. The Morgan fingerprint density at radius 1 is 1.29 bits per heavy atom. The van der Waals surface area contributed by atoms with E-state index in [9.17, 15) is 4.79 Å². The van der Waals surface area contributed by atoms with Crippen LogP contribution in [0.1, 0.15) is 44.7 Å². The highest BCUT2D eigenvalue weighted by Gasteiger charge is 2.26. The highest BCUT2D eigenvalue weighted by atomic mass is 16.6. The van der Waals surface area contributed by atoms with Crippen LogP contribution < -0.4 is 0 Å². The molecule has 0 N–H and O–H groups in total. The van der Waals surface area contributed by atoms with E-state index in [4.69, 9.17) is 4.74 Å². The number of aryl methyl sites for hydroxylation is 1. The van der Waals surface area contributed by atoms with Crippen LogP contribution >= 0.6 is 0 Å². The van der Waals surface area contributed by atoms with Gasteiger partial charge in [0, 0.05) is 13.1 Å². The van der Waals surface area contributed by atoms with Gasteiger partial charge in [0.2, 0.25) is 0 Å². The number of nitrogens with zero attached hydrogens (tertiary/aromatic N) is 1. The average molecular weight is 289 g/mol. The topological polar surface area (TPSA) is 29.5 Å². The third-order valence-corrected chi connectivity index (χ3v) is 3.87. The zero-order chi connectivity index (χ0) is 15.5. The van der Waals surface area contributed by atoms with Crippen molar-refractivity contribution in [1.82, 2.24) is 4.90 Å². The molecule has 1 heterocycles. The van der Waals surface area contributed by atoms with Gasteiger partial charge in [0.15, 0.2) is 0 Å². The van der Waals surface area contributed by atoms with E-state index in [-0.39, 0.29) is 6.09 Å². The molecule has 1 saturated heterocycles. The predicted octanol–water partition coefficient (Wildman–Crippen LogP) is 4.18. The largest absolute Gasteiger partial charge is 0.444 e. The van der Waals surface area contributed by atoms with E-state index in [2.05, 4.69) is 31.2 Å². The molecular weight excluding hydrogens is 262 g/mol. The second kappa shape index (κ2) is 6.50. The fourth-order valence-corrected chi connectivity index (χ4v) is 2.82. The van der Waals surface area contributed by atoms with Gasteiger partial charge in [-0.25, -0.2) is 4.79 Å². The van der Waals surface area contributed by atoms with E-state index in [1.807, 2.05) is 25.7 Å². The summed E-state index contributed by atoms with van der Waals surface area (Å²) < 4.78 is 5.43. The SMILES string of the molecule is Cc1cccc(CC2CCN(C(=O)OC(C)(C)C)CC2)c1. The lowest BCUT2D eigenvalue weighted by Gasteiger charge is -2.33. The maximum absolute atomic E-state index is 12.0. The second-order valence-corrected chi connectivity index (χ2v) is 7.10. The number of hydrogen-bond acceptors (Lipinski definition) is 2. The summed E-state index contributed by atoms with van der Waals surface area (Å²) in [5, 5.41) is 0. The molecular formula is C18H27NO2. The lowest BCUT2D eigenvalue weighted by Crippen LogP contribution is -2.42. The molecule has 1 aromatic carbocycles. The van der Waals surface area contributed by atoms with E-state index in [1.54, 1.807) is 0 Å². The summed E-state index contributed by atoms with van der Waals surface area (Å²) in [4.78, 5) is 13.9. The van der Waals surface area contributed by atoms with E-state index >= 15 is 0 Å². The van der Waals surface area contributed by atoms with Crippen molar-refractivity contribution in [3.63, 3.8) is 0 Å². The number of carbonyl (C=O) groups is 1. The first-order chi connectivity index (χ1) is 9.83. The number of amides is 1. The van der Waals surface area contributed by atoms with Gasteiger partial charge >= 0.3 is 6.09 Å². The van der Waals surface area contributed by atoms with Gasteiger partial charge in [0.1, 0.15) is 5.60 Å². The molecule has 0 unspecified atom stereocenters. The van der Waals surface area contributed by atoms with E-state index in [0.717, 1.165) is 32.4 Å². The summed E-state index contributed by atoms with van der Waals surface area (Å²) in [5.74, 6) is 0.672. The molecule has 0 aliphatic carbocycles. The highest BCUT2D eigenvalue weighted by molar-refractivity contribution is 5.68. The quantitative estimate of drug-likeness (QED) is 0.817. The third kappa shape index (κ3) is 5.07. The van der Waals surface area contributed by atoms with Crippen molar-refractivity contribution in [2.75, 3.05) is 13.1 Å². The van der Waals surface area contributed by atoms with E-state index < -0.39 is 5.60 Å². The van der Waals surface area contributed by atoms with Gasteiger partial charge in [0.05, 0.1) is 0 Å². The lowest BCUT2D eigenvalue weighted by atomic mass is 9.90. The van der Waals surface area contributed by atoms with Crippen molar-refractivity contribution >= 4 is 6.09 Å². The van der Waals surface area contributed by atoms with Crippen molar-refractivity contribution in [2.24, 2.45) is 5.92 Å². The van der Waals surface area contributed by atoms with Crippen LogP contribution in [-0.2, 0) is 11.2 Å². The van der Waals surface area contributed by atoms with Crippen LogP contribution in [0.25, 0.3) is 0 Å². The highest BCUT2D eigenvalue weighted by Crippen LogP contribution is 2.23. The Hall–Kier alpha value is -1.51. The Balaban J connectivity index is 1.82. The van der Waals surface area contributed by atoms with Crippen LogP contribution in [0.3, 0.4) is 0 Å². The second-order valence-electron chi connectivity index (χ2n) is 7.10. The number of rotatable bonds is 2. The molecule has 1 amide bonds. The van der Waals surface area contributed by atoms with E-state index in [1.165, 1.54) is 11.1 Å². The first-order valence-corrected chi connectivity index (χ1v) is 7.87. The van der Waals surface area contributed by atoms with Crippen LogP contribution in [0.2, 0.25) is 0 Å². The van der Waals surface area contributed by atoms with Crippen molar-refractivity contribution in [3.8, 4) is 0 Å². The zero-order valence-corrected chi connectivity index (χ0v) is 13.7. The molecule has 1 aliphatic heterocycles. The first kappa shape index (κ1) is 15.9. The van der Waals surface area contributed by atoms with Gasteiger partial charge in [0.25, 0.3) is 0 Å². The molecule has 0 atom stereocenters. The van der Waals surface area contributed by atoms with Crippen molar-refractivity contribution < 1.29 is 9.53 Å². The predicted molar refractivity (Wildman–Crippen MR) is 85.4 cm³/mol. The fraction of sp³-hybridized carbons (Fsp3) is 0.611. The summed E-state index contributed by atoms with van der Waals surface area (Å²) in [7, 11) is 0. The number of ether oxygens (including phenoxy) is 1. The summed E-state index contributed by atoms with van der Waals surface area (Å²) in [6.07, 6.45) is 3.07. The molecule has 3 heteroatoms. The smallest absolute Gasteiger partial charge is 0.410 e. The summed E-state index contributed by atoms with van der Waals surface area (Å²) in [6.45, 7) is 9.49. The fourth-order valence-electron chi connectivity index (χ4n) is 2.82. The molecule has 0 saturated carbocycles. The molecule has 21 heavy (non-hydrogen) atoms. The van der Waals surface area contributed by atoms with Crippen LogP contribution in [0.4, 0.5) is 4.79 Å². The number of hydrogen-bond donors (Lipinski definition) is 0. The summed E-state index contributed by atoms with van der Waals surface area (Å²) in [6, 6.07) is 8.72. The standard InChI is InChI=1S/C18H27NO2/c1-14-6-5-7-16(12-14)13-15-8-10-19(11-9-15)17(20)21-18(2,3)4/h5-7,12,15H,8-11,13H2,1-4H3. The minimum absolute atomic E-state index is 0.170. The first-order valence-electron chi connectivity index (χ1n) is 7.87. The molecule has 2 rings (SSSR count). The molecule has 116 valence electrons. The Morgan fingerprint density at radius 2 is 1.95 bits per heavy atom. The molecule has 0 bridgehead atoms. The number of likely N-dealkylation sites (tertiary alicyclic amines) is 1.